The molecule has 92 valence electrons. The summed E-state index contributed by atoms with van der Waals surface area (Å²) in [7, 11) is 0. The summed E-state index contributed by atoms with van der Waals surface area (Å²) >= 11 is 3.38. The number of carboxylic acid groups (broad SMARTS) is 1. The van der Waals surface area contributed by atoms with Gasteiger partial charge in [-0.25, -0.2) is 9.36 Å². The van der Waals surface area contributed by atoms with E-state index in [9.17, 15) is 14.7 Å². The maximum absolute atomic E-state index is 12.0. The van der Waals surface area contributed by atoms with E-state index < -0.39 is 6.09 Å². The van der Waals surface area contributed by atoms with E-state index >= 15 is 0 Å². The molecule has 1 aliphatic rings. The van der Waals surface area contributed by atoms with Gasteiger partial charge < -0.3 is 5.11 Å². The van der Waals surface area contributed by atoms with Crippen LogP contribution in [0.5, 0.6) is 0 Å². The Morgan fingerprint density at radius 1 is 1.33 bits per heavy atom. The average Bonchev–Trinajstić information content (AvgIpc) is 2.65. The first-order valence-electron chi connectivity index (χ1n) is 5.69. The van der Waals surface area contributed by atoms with E-state index in [1.165, 1.54) is 0 Å². The molecule has 2 aromatic rings. The number of fused-ring (bicyclic) bond motifs is 3. The highest BCUT2D eigenvalue weighted by Gasteiger charge is 2.28. The van der Waals surface area contributed by atoms with Gasteiger partial charge in [-0.1, -0.05) is 15.9 Å². The molecule has 3 rings (SSSR count). The van der Waals surface area contributed by atoms with Crippen molar-refractivity contribution >= 4 is 38.7 Å². The van der Waals surface area contributed by atoms with E-state index in [1.807, 2.05) is 6.07 Å². The van der Waals surface area contributed by atoms with Gasteiger partial charge in [0.15, 0.2) is 5.78 Å². The Morgan fingerprint density at radius 2 is 2.11 bits per heavy atom. The fourth-order valence-electron chi connectivity index (χ4n) is 2.62. The van der Waals surface area contributed by atoms with Crippen molar-refractivity contribution in [1.29, 1.82) is 0 Å². The Morgan fingerprint density at radius 3 is 2.83 bits per heavy atom. The molecule has 1 aliphatic carbocycles. The van der Waals surface area contributed by atoms with Crippen molar-refractivity contribution in [2.75, 3.05) is 0 Å². The lowest BCUT2D eigenvalue weighted by Gasteiger charge is -2.11. The van der Waals surface area contributed by atoms with Gasteiger partial charge in [0.05, 0.1) is 11.2 Å². The monoisotopic (exact) mass is 307 g/mol. The number of halogens is 1. The number of rotatable bonds is 0. The molecular weight excluding hydrogens is 298 g/mol. The third-order valence-corrected chi connectivity index (χ3v) is 3.81. The smallest absolute Gasteiger partial charge is 0.416 e. The van der Waals surface area contributed by atoms with E-state index in [1.54, 1.807) is 12.1 Å². The van der Waals surface area contributed by atoms with E-state index in [-0.39, 0.29) is 5.78 Å². The predicted molar refractivity (Wildman–Crippen MR) is 70.3 cm³/mol. The molecule has 0 bridgehead atoms. The van der Waals surface area contributed by atoms with Crippen LogP contribution in [0.25, 0.3) is 10.9 Å². The van der Waals surface area contributed by atoms with Crippen molar-refractivity contribution in [2.45, 2.75) is 19.3 Å². The largest absolute Gasteiger partial charge is 0.464 e. The van der Waals surface area contributed by atoms with Crippen LogP contribution in [-0.2, 0) is 6.42 Å². The number of carbonyl (C=O) groups is 2. The molecule has 0 saturated heterocycles. The number of Topliss-reactive ketones (excluding diaryl/α,β-unsaturated/α-hetero) is 1. The third kappa shape index (κ3) is 1.50. The van der Waals surface area contributed by atoms with Gasteiger partial charge in [-0.05, 0) is 36.6 Å². The van der Waals surface area contributed by atoms with E-state index in [2.05, 4.69) is 15.9 Å². The minimum atomic E-state index is -1.10. The molecule has 5 heteroatoms. The number of benzene rings is 1. The van der Waals surface area contributed by atoms with Crippen molar-refractivity contribution in [3.63, 3.8) is 0 Å². The average molecular weight is 308 g/mol. The normalized spacial score (nSPS) is 14.8. The van der Waals surface area contributed by atoms with Gasteiger partial charge in [0.2, 0.25) is 0 Å². The van der Waals surface area contributed by atoms with E-state index in [0.717, 1.165) is 32.8 Å². The highest BCUT2D eigenvalue weighted by molar-refractivity contribution is 9.10. The van der Waals surface area contributed by atoms with E-state index in [0.29, 0.717) is 17.6 Å². The lowest BCUT2D eigenvalue weighted by atomic mass is 9.94. The zero-order chi connectivity index (χ0) is 12.9. The number of hydrogen-bond acceptors (Lipinski definition) is 2. The molecule has 1 aromatic carbocycles. The van der Waals surface area contributed by atoms with Gasteiger partial charge in [-0.15, -0.1) is 0 Å². The summed E-state index contributed by atoms with van der Waals surface area (Å²) in [5, 5.41) is 10.2. The standard InChI is InChI=1S/C13H10BrNO3/c14-7-4-5-10-9(6-7)8-2-1-3-11(16)12(8)15(10)13(17)18/h4-6H,1-3H2,(H,17,18). The summed E-state index contributed by atoms with van der Waals surface area (Å²) in [5.41, 5.74) is 1.80. The fourth-order valence-corrected chi connectivity index (χ4v) is 2.98. The maximum Gasteiger partial charge on any atom is 0.416 e. The number of nitrogens with zero attached hydrogens (tertiary/aromatic N) is 1. The molecule has 0 saturated carbocycles. The number of carbonyl (C=O) groups excluding carboxylic acids is 1. The molecule has 0 radical (unpaired) electrons. The van der Waals surface area contributed by atoms with Crippen molar-refractivity contribution in [3.05, 3.63) is 33.9 Å². The van der Waals surface area contributed by atoms with Gasteiger partial charge >= 0.3 is 6.09 Å². The molecule has 1 aromatic heterocycles. The second-order valence-electron chi connectivity index (χ2n) is 4.38. The van der Waals surface area contributed by atoms with Crippen molar-refractivity contribution < 1.29 is 14.7 Å². The Kier molecular flexibility index (Phi) is 2.52. The Bertz CT molecular complexity index is 687. The van der Waals surface area contributed by atoms with Crippen LogP contribution >= 0.6 is 15.9 Å². The number of aryl methyl sites for hydroxylation is 1. The summed E-state index contributed by atoms with van der Waals surface area (Å²) < 4.78 is 2.01. The van der Waals surface area contributed by atoms with E-state index in [4.69, 9.17) is 0 Å². The summed E-state index contributed by atoms with van der Waals surface area (Å²) in [5.74, 6) is -0.0778. The lowest BCUT2D eigenvalue weighted by Crippen LogP contribution is -2.19. The van der Waals surface area contributed by atoms with Crippen LogP contribution in [0.15, 0.2) is 22.7 Å². The quantitative estimate of drug-likeness (QED) is 0.811. The lowest BCUT2D eigenvalue weighted by molar-refractivity contribution is 0.0962. The van der Waals surface area contributed by atoms with Gasteiger partial charge in [0.25, 0.3) is 0 Å². The van der Waals surface area contributed by atoms with Gasteiger partial charge in [-0.2, -0.15) is 0 Å². The number of aromatic nitrogens is 1. The minimum Gasteiger partial charge on any atom is -0.464 e. The van der Waals surface area contributed by atoms with Crippen molar-refractivity contribution in [1.82, 2.24) is 4.57 Å². The van der Waals surface area contributed by atoms with Gasteiger partial charge in [0.1, 0.15) is 0 Å². The molecule has 4 nitrogen and oxygen atoms in total. The number of ketones is 1. The fraction of sp³-hybridized carbons (Fsp3) is 0.231. The molecule has 1 heterocycles. The Labute approximate surface area is 111 Å². The molecule has 1 N–H and O–H groups in total. The minimum absolute atomic E-state index is 0.0778. The summed E-state index contributed by atoms with van der Waals surface area (Å²) in [4.78, 5) is 23.3. The predicted octanol–water partition coefficient (Wildman–Crippen LogP) is 3.45. The molecule has 18 heavy (non-hydrogen) atoms. The number of hydrogen-bond donors (Lipinski definition) is 1. The summed E-state index contributed by atoms with van der Waals surface area (Å²) in [6.07, 6.45) is 0.877. The highest BCUT2D eigenvalue weighted by Crippen LogP contribution is 2.33. The molecule has 0 spiro atoms. The zero-order valence-electron chi connectivity index (χ0n) is 9.44. The first kappa shape index (κ1) is 11.5. The maximum atomic E-state index is 12.0. The van der Waals surface area contributed by atoms with Gasteiger partial charge in [0, 0.05) is 16.3 Å². The van der Waals surface area contributed by atoms with Crippen LogP contribution in [0.1, 0.15) is 28.9 Å². The van der Waals surface area contributed by atoms with Crippen molar-refractivity contribution in [2.24, 2.45) is 0 Å². The second-order valence-corrected chi connectivity index (χ2v) is 5.30. The van der Waals surface area contributed by atoms with Gasteiger partial charge in [-0.3, -0.25) is 4.79 Å². The molecule has 0 aliphatic heterocycles. The second kappa shape index (κ2) is 3.95. The first-order valence-corrected chi connectivity index (χ1v) is 6.48. The van der Waals surface area contributed by atoms with Crippen molar-refractivity contribution in [3.8, 4) is 0 Å². The van der Waals surface area contributed by atoms with Crippen LogP contribution in [-0.4, -0.2) is 21.6 Å². The molecule has 0 atom stereocenters. The SMILES string of the molecule is O=C1CCCc2c1n(C(=O)O)c1ccc(Br)cc21. The summed E-state index contributed by atoms with van der Waals surface area (Å²) in [6.45, 7) is 0. The van der Waals surface area contributed by atoms with Crippen LogP contribution < -0.4 is 0 Å². The summed E-state index contributed by atoms with van der Waals surface area (Å²) in [6, 6.07) is 5.41. The highest BCUT2D eigenvalue weighted by atomic mass is 79.9. The molecular formula is C13H10BrNO3. The van der Waals surface area contributed by atoms with Crippen LogP contribution in [0.2, 0.25) is 0 Å². The Balaban J connectivity index is 2.47. The topological polar surface area (TPSA) is 59.3 Å². The van der Waals surface area contributed by atoms with Crippen LogP contribution in [0, 0.1) is 0 Å². The zero-order valence-corrected chi connectivity index (χ0v) is 11.0. The molecule has 0 fully saturated rings. The third-order valence-electron chi connectivity index (χ3n) is 3.32. The first-order chi connectivity index (χ1) is 8.59. The Hall–Kier alpha value is -1.62. The van der Waals surface area contributed by atoms with Crippen LogP contribution in [0.4, 0.5) is 4.79 Å². The van der Waals surface area contributed by atoms with Crippen LogP contribution in [0.3, 0.4) is 0 Å². The molecule has 0 unspecified atom stereocenters. The molecule has 0 amide bonds.